The van der Waals surface area contributed by atoms with Crippen LogP contribution in [-0.2, 0) is 4.79 Å². The molecular formula is C11H18O. The van der Waals surface area contributed by atoms with Gasteiger partial charge in [-0.3, -0.25) is 4.79 Å². The second-order valence-corrected chi connectivity index (χ2v) is 4.95. The third-order valence-electron chi connectivity index (χ3n) is 4.30. The van der Waals surface area contributed by atoms with Crippen LogP contribution in [0.1, 0.15) is 46.0 Å². The maximum Gasteiger partial charge on any atom is 0.133 e. The first-order chi connectivity index (χ1) is 5.63. The van der Waals surface area contributed by atoms with Crippen LogP contribution in [0.15, 0.2) is 0 Å². The molecule has 0 unspecified atom stereocenters. The van der Waals surface area contributed by atoms with Crippen molar-refractivity contribution < 1.29 is 4.79 Å². The summed E-state index contributed by atoms with van der Waals surface area (Å²) in [6, 6.07) is 0. The third kappa shape index (κ3) is 1.02. The van der Waals surface area contributed by atoms with E-state index in [1.54, 1.807) is 0 Å². The number of carbonyl (C=O) groups is 1. The van der Waals surface area contributed by atoms with Crippen LogP contribution in [0.2, 0.25) is 0 Å². The Morgan fingerprint density at radius 3 is 2.83 bits per heavy atom. The Bertz CT molecular complexity index is 209. The first-order valence-electron chi connectivity index (χ1n) is 5.14. The molecule has 0 aliphatic heterocycles. The lowest BCUT2D eigenvalue weighted by atomic mass is 9.63. The van der Waals surface area contributed by atoms with Gasteiger partial charge in [0.1, 0.15) is 5.78 Å². The van der Waals surface area contributed by atoms with Crippen molar-refractivity contribution >= 4 is 5.78 Å². The van der Waals surface area contributed by atoms with Crippen LogP contribution in [0.5, 0.6) is 0 Å². The molecular weight excluding hydrogens is 148 g/mol. The third-order valence-corrected chi connectivity index (χ3v) is 4.30. The van der Waals surface area contributed by atoms with Crippen LogP contribution in [0.25, 0.3) is 0 Å². The van der Waals surface area contributed by atoms with Crippen molar-refractivity contribution in [2.75, 3.05) is 0 Å². The lowest BCUT2D eigenvalue weighted by Gasteiger charge is -2.41. The zero-order valence-electron chi connectivity index (χ0n) is 8.10. The molecule has 0 amide bonds. The van der Waals surface area contributed by atoms with E-state index in [4.69, 9.17) is 0 Å². The van der Waals surface area contributed by atoms with Gasteiger partial charge in [0, 0.05) is 12.8 Å². The largest absolute Gasteiger partial charge is 0.300 e. The van der Waals surface area contributed by atoms with E-state index in [2.05, 4.69) is 13.8 Å². The quantitative estimate of drug-likeness (QED) is 0.541. The van der Waals surface area contributed by atoms with Gasteiger partial charge >= 0.3 is 0 Å². The SMILES string of the molecule is C[C@H]1CCC[C@@H]2CC(=O)C[C@@]21C. The molecule has 0 saturated heterocycles. The van der Waals surface area contributed by atoms with Gasteiger partial charge in [-0.1, -0.05) is 26.7 Å². The molecule has 68 valence electrons. The normalized spacial score (nSPS) is 47.7. The second-order valence-electron chi connectivity index (χ2n) is 4.95. The fourth-order valence-corrected chi connectivity index (χ4v) is 3.16. The molecule has 0 spiro atoms. The summed E-state index contributed by atoms with van der Waals surface area (Å²) in [4.78, 5) is 11.4. The number of hydrogen-bond acceptors (Lipinski definition) is 1. The smallest absolute Gasteiger partial charge is 0.133 e. The first-order valence-corrected chi connectivity index (χ1v) is 5.14. The minimum atomic E-state index is 0.370. The van der Waals surface area contributed by atoms with E-state index < -0.39 is 0 Å². The molecule has 2 fully saturated rings. The summed E-state index contributed by atoms with van der Waals surface area (Å²) < 4.78 is 0. The molecule has 2 saturated carbocycles. The average molecular weight is 166 g/mol. The molecule has 0 aromatic rings. The molecule has 1 nitrogen and oxygen atoms in total. The Morgan fingerprint density at radius 2 is 2.17 bits per heavy atom. The second kappa shape index (κ2) is 2.58. The van der Waals surface area contributed by atoms with E-state index >= 15 is 0 Å². The molecule has 2 aliphatic carbocycles. The Labute approximate surface area is 74.5 Å². The van der Waals surface area contributed by atoms with Crippen LogP contribution in [0.3, 0.4) is 0 Å². The molecule has 1 heteroatoms. The first kappa shape index (κ1) is 8.28. The van der Waals surface area contributed by atoms with Crippen LogP contribution in [0.4, 0.5) is 0 Å². The van der Waals surface area contributed by atoms with Gasteiger partial charge in [-0.25, -0.2) is 0 Å². The minimum Gasteiger partial charge on any atom is -0.300 e. The van der Waals surface area contributed by atoms with Crippen molar-refractivity contribution in [3.05, 3.63) is 0 Å². The molecule has 0 aromatic heterocycles. The van der Waals surface area contributed by atoms with Crippen molar-refractivity contribution in [1.82, 2.24) is 0 Å². The van der Waals surface area contributed by atoms with Gasteiger partial charge in [0.05, 0.1) is 0 Å². The highest BCUT2D eigenvalue weighted by Crippen LogP contribution is 2.53. The molecule has 0 N–H and O–H groups in total. The summed E-state index contributed by atoms with van der Waals surface area (Å²) in [5.74, 6) is 1.99. The summed E-state index contributed by atoms with van der Waals surface area (Å²) in [7, 11) is 0. The van der Waals surface area contributed by atoms with Gasteiger partial charge in [0.25, 0.3) is 0 Å². The predicted molar refractivity (Wildman–Crippen MR) is 48.9 cm³/mol. The monoisotopic (exact) mass is 166 g/mol. The number of carbonyl (C=O) groups excluding carboxylic acids is 1. The number of fused-ring (bicyclic) bond motifs is 1. The molecule has 3 atom stereocenters. The molecule has 2 aliphatic rings. The maximum absolute atomic E-state index is 11.4. The van der Waals surface area contributed by atoms with Crippen molar-refractivity contribution in [3.63, 3.8) is 0 Å². The summed E-state index contributed by atoms with van der Waals surface area (Å²) in [5.41, 5.74) is 0.370. The number of hydrogen-bond donors (Lipinski definition) is 0. The summed E-state index contributed by atoms with van der Waals surface area (Å²) in [5, 5.41) is 0. The predicted octanol–water partition coefficient (Wildman–Crippen LogP) is 2.79. The number of Topliss-reactive ketones (excluding diaryl/α,β-unsaturated/α-hetero) is 1. The van der Waals surface area contributed by atoms with Crippen LogP contribution in [-0.4, -0.2) is 5.78 Å². The highest BCUT2D eigenvalue weighted by molar-refractivity contribution is 5.82. The highest BCUT2D eigenvalue weighted by atomic mass is 16.1. The average Bonchev–Trinajstić information content (AvgIpc) is 2.27. The van der Waals surface area contributed by atoms with Gasteiger partial charge < -0.3 is 0 Å². The molecule has 0 heterocycles. The standard InChI is InChI=1S/C11H18O/c1-8-4-3-5-9-6-10(12)7-11(8,9)2/h8-9H,3-7H2,1-2H3/t8-,9+,11+/m0/s1. The van der Waals surface area contributed by atoms with E-state index in [1.165, 1.54) is 19.3 Å². The summed E-state index contributed by atoms with van der Waals surface area (Å²) in [6.45, 7) is 4.65. The lowest BCUT2D eigenvalue weighted by Crippen LogP contribution is -2.33. The Morgan fingerprint density at radius 1 is 1.42 bits per heavy atom. The Balaban J connectivity index is 2.23. The van der Waals surface area contributed by atoms with Crippen LogP contribution >= 0.6 is 0 Å². The molecule has 12 heavy (non-hydrogen) atoms. The fourth-order valence-electron chi connectivity index (χ4n) is 3.16. The van der Waals surface area contributed by atoms with Crippen molar-refractivity contribution in [3.8, 4) is 0 Å². The van der Waals surface area contributed by atoms with Gasteiger partial charge in [-0.15, -0.1) is 0 Å². The number of rotatable bonds is 0. The van der Waals surface area contributed by atoms with Gasteiger partial charge in [0.15, 0.2) is 0 Å². The van der Waals surface area contributed by atoms with Crippen LogP contribution < -0.4 is 0 Å². The van der Waals surface area contributed by atoms with E-state index in [0.717, 1.165) is 18.8 Å². The van der Waals surface area contributed by atoms with E-state index in [1.807, 2.05) is 0 Å². The maximum atomic E-state index is 11.4. The molecule has 0 aromatic carbocycles. The topological polar surface area (TPSA) is 17.1 Å². The van der Waals surface area contributed by atoms with E-state index in [-0.39, 0.29) is 0 Å². The summed E-state index contributed by atoms with van der Waals surface area (Å²) in [6.07, 6.45) is 5.71. The van der Waals surface area contributed by atoms with Crippen molar-refractivity contribution in [1.29, 1.82) is 0 Å². The van der Waals surface area contributed by atoms with Gasteiger partial charge in [-0.05, 0) is 23.7 Å². The minimum absolute atomic E-state index is 0.370. The molecule has 0 bridgehead atoms. The van der Waals surface area contributed by atoms with E-state index in [0.29, 0.717) is 17.1 Å². The fraction of sp³-hybridized carbons (Fsp3) is 0.909. The van der Waals surface area contributed by atoms with E-state index in [9.17, 15) is 4.79 Å². The Hall–Kier alpha value is -0.330. The Kier molecular flexibility index (Phi) is 1.78. The zero-order chi connectivity index (χ0) is 8.77. The van der Waals surface area contributed by atoms with Crippen molar-refractivity contribution in [2.45, 2.75) is 46.0 Å². The summed E-state index contributed by atoms with van der Waals surface area (Å²) >= 11 is 0. The molecule has 0 radical (unpaired) electrons. The van der Waals surface area contributed by atoms with Gasteiger partial charge in [0.2, 0.25) is 0 Å². The number of ketones is 1. The molecule has 2 rings (SSSR count). The van der Waals surface area contributed by atoms with Gasteiger partial charge in [-0.2, -0.15) is 0 Å². The lowest BCUT2D eigenvalue weighted by molar-refractivity contribution is -0.118. The van der Waals surface area contributed by atoms with Crippen molar-refractivity contribution in [2.24, 2.45) is 17.3 Å². The highest BCUT2D eigenvalue weighted by Gasteiger charge is 2.47. The zero-order valence-corrected chi connectivity index (χ0v) is 8.10. The van der Waals surface area contributed by atoms with Crippen LogP contribution in [0, 0.1) is 17.3 Å².